The van der Waals surface area contributed by atoms with E-state index < -0.39 is 29.5 Å². The second-order valence-corrected chi connectivity index (χ2v) is 6.32. The number of likely N-dealkylation sites (tertiary alicyclic amines) is 1. The van der Waals surface area contributed by atoms with Gasteiger partial charge >= 0.3 is 0 Å². The monoisotopic (exact) mass is 310 g/mol. The Morgan fingerprint density at radius 3 is 2.41 bits per heavy atom. The van der Waals surface area contributed by atoms with Gasteiger partial charge in [0.05, 0.1) is 18.1 Å². The van der Waals surface area contributed by atoms with Gasteiger partial charge in [0.1, 0.15) is 5.54 Å². The van der Waals surface area contributed by atoms with Crippen molar-refractivity contribution in [1.29, 1.82) is 0 Å². The van der Waals surface area contributed by atoms with Crippen molar-refractivity contribution < 1.29 is 24.3 Å². The van der Waals surface area contributed by atoms with Crippen molar-refractivity contribution >= 4 is 23.4 Å². The second-order valence-electron chi connectivity index (χ2n) is 6.32. The Bertz CT molecular complexity index is 530. The Morgan fingerprint density at radius 1 is 1.41 bits per heavy atom. The first-order valence-corrected chi connectivity index (χ1v) is 7.54. The molecule has 2 fully saturated rings. The lowest BCUT2D eigenvalue weighted by molar-refractivity contribution is -0.154. The van der Waals surface area contributed by atoms with Gasteiger partial charge in [-0.25, -0.2) is 0 Å². The van der Waals surface area contributed by atoms with Gasteiger partial charge in [0.25, 0.3) is 0 Å². The SMILES string of the molecule is CC(=O)N1C(C(=O)C[C@H](C(N)=O)[C@@H](C)O)CCC12CCC2=O. The molecule has 1 aliphatic carbocycles. The predicted molar refractivity (Wildman–Crippen MR) is 76.5 cm³/mol. The molecule has 1 spiro atoms. The number of carbonyl (C=O) groups excluding carboxylic acids is 4. The second kappa shape index (κ2) is 5.79. The lowest BCUT2D eigenvalue weighted by atomic mass is 9.73. The van der Waals surface area contributed by atoms with E-state index in [1.54, 1.807) is 0 Å². The maximum atomic E-state index is 12.5. The number of rotatable bonds is 5. The third-order valence-corrected chi connectivity index (χ3v) is 4.97. The molecule has 2 amide bonds. The summed E-state index contributed by atoms with van der Waals surface area (Å²) in [6, 6.07) is -0.706. The Morgan fingerprint density at radius 2 is 2.05 bits per heavy atom. The highest BCUT2D eigenvalue weighted by atomic mass is 16.3. The minimum absolute atomic E-state index is 0.0000208. The number of aliphatic hydroxyl groups is 1. The molecule has 3 N–H and O–H groups in total. The fraction of sp³-hybridized carbons (Fsp3) is 0.733. The molecule has 7 nitrogen and oxygen atoms in total. The summed E-state index contributed by atoms with van der Waals surface area (Å²) in [5, 5.41) is 9.56. The summed E-state index contributed by atoms with van der Waals surface area (Å²) in [4.78, 5) is 49.1. The van der Waals surface area contributed by atoms with Crippen LogP contribution in [-0.2, 0) is 19.2 Å². The van der Waals surface area contributed by atoms with Gasteiger partial charge in [0, 0.05) is 19.8 Å². The fourth-order valence-electron chi connectivity index (χ4n) is 3.65. The molecule has 1 aliphatic heterocycles. The van der Waals surface area contributed by atoms with Gasteiger partial charge in [-0.1, -0.05) is 0 Å². The number of amides is 2. The van der Waals surface area contributed by atoms with Crippen LogP contribution in [-0.4, -0.2) is 51.1 Å². The predicted octanol–water partition coefficient (Wildman–Crippen LogP) is -0.459. The number of primary amides is 1. The Kier molecular flexibility index (Phi) is 4.37. The average Bonchev–Trinajstić information content (AvgIpc) is 2.84. The highest BCUT2D eigenvalue weighted by molar-refractivity contribution is 6.01. The minimum atomic E-state index is -1.03. The van der Waals surface area contributed by atoms with Crippen LogP contribution in [0, 0.1) is 5.92 Å². The maximum absolute atomic E-state index is 12.5. The first-order chi connectivity index (χ1) is 10.2. The molecule has 7 heteroatoms. The molecular weight excluding hydrogens is 288 g/mol. The van der Waals surface area contributed by atoms with Crippen molar-refractivity contribution in [2.45, 2.75) is 63.6 Å². The molecule has 0 radical (unpaired) electrons. The van der Waals surface area contributed by atoms with Crippen molar-refractivity contribution in [2.24, 2.45) is 11.7 Å². The zero-order valence-corrected chi connectivity index (χ0v) is 12.9. The van der Waals surface area contributed by atoms with Crippen LogP contribution in [0.15, 0.2) is 0 Å². The fourth-order valence-corrected chi connectivity index (χ4v) is 3.65. The summed E-state index contributed by atoms with van der Waals surface area (Å²) >= 11 is 0. The molecule has 2 unspecified atom stereocenters. The number of nitrogens with zero attached hydrogens (tertiary/aromatic N) is 1. The Balaban J connectivity index is 2.17. The molecule has 4 atom stereocenters. The maximum Gasteiger partial charge on any atom is 0.223 e. The van der Waals surface area contributed by atoms with E-state index >= 15 is 0 Å². The quantitative estimate of drug-likeness (QED) is 0.712. The Labute approximate surface area is 128 Å². The van der Waals surface area contributed by atoms with E-state index in [0.717, 1.165) is 0 Å². The number of ketones is 2. The molecule has 0 aromatic carbocycles. The van der Waals surface area contributed by atoms with Gasteiger partial charge in [-0.2, -0.15) is 0 Å². The van der Waals surface area contributed by atoms with E-state index in [1.165, 1.54) is 18.7 Å². The van der Waals surface area contributed by atoms with E-state index in [0.29, 0.717) is 25.7 Å². The lowest BCUT2D eigenvalue weighted by Gasteiger charge is -2.45. The van der Waals surface area contributed by atoms with Crippen LogP contribution in [0.4, 0.5) is 0 Å². The average molecular weight is 310 g/mol. The zero-order valence-electron chi connectivity index (χ0n) is 12.9. The summed E-state index contributed by atoms with van der Waals surface area (Å²) in [5.74, 6) is -2.35. The molecule has 1 saturated heterocycles. The van der Waals surface area contributed by atoms with Crippen LogP contribution in [0.5, 0.6) is 0 Å². The van der Waals surface area contributed by atoms with Gasteiger partial charge in [-0.05, 0) is 26.2 Å². The first kappa shape index (κ1) is 16.6. The minimum Gasteiger partial charge on any atom is -0.393 e. The van der Waals surface area contributed by atoms with E-state index in [1.807, 2.05) is 0 Å². The highest BCUT2D eigenvalue weighted by Crippen LogP contribution is 2.46. The van der Waals surface area contributed by atoms with Crippen LogP contribution in [0.3, 0.4) is 0 Å². The number of aliphatic hydroxyl groups excluding tert-OH is 1. The summed E-state index contributed by atoms with van der Waals surface area (Å²) in [5.41, 5.74) is 4.39. The van der Waals surface area contributed by atoms with Crippen molar-refractivity contribution in [3.05, 3.63) is 0 Å². The molecular formula is C15H22N2O5. The molecule has 1 heterocycles. The molecule has 0 aromatic heterocycles. The summed E-state index contributed by atoms with van der Waals surface area (Å²) < 4.78 is 0. The van der Waals surface area contributed by atoms with Gasteiger partial charge < -0.3 is 15.7 Å². The molecule has 1 saturated carbocycles. The van der Waals surface area contributed by atoms with Crippen molar-refractivity contribution in [2.75, 3.05) is 0 Å². The molecule has 0 bridgehead atoms. The van der Waals surface area contributed by atoms with Crippen molar-refractivity contribution in [3.63, 3.8) is 0 Å². The third kappa shape index (κ3) is 2.54. The summed E-state index contributed by atoms with van der Waals surface area (Å²) in [6.45, 7) is 2.75. The normalized spacial score (nSPS) is 30.0. The van der Waals surface area contributed by atoms with E-state index in [2.05, 4.69) is 0 Å². The van der Waals surface area contributed by atoms with Gasteiger partial charge in [0.2, 0.25) is 11.8 Å². The van der Waals surface area contributed by atoms with Crippen LogP contribution in [0.2, 0.25) is 0 Å². The highest BCUT2D eigenvalue weighted by Gasteiger charge is 2.58. The van der Waals surface area contributed by atoms with Gasteiger partial charge in [-0.15, -0.1) is 0 Å². The number of carbonyl (C=O) groups is 4. The lowest BCUT2D eigenvalue weighted by Crippen LogP contribution is -2.61. The van der Waals surface area contributed by atoms with E-state index in [-0.39, 0.29) is 23.9 Å². The van der Waals surface area contributed by atoms with Gasteiger partial charge in [0.15, 0.2) is 11.6 Å². The summed E-state index contributed by atoms with van der Waals surface area (Å²) in [7, 11) is 0. The number of nitrogens with two attached hydrogens (primary N) is 1. The molecule has 0 aromatic rings. The van der Waals surface area contributed by atoms with E-state index in [9.17, 15) is 24.3 Å². The number of hydrogen-bond donors (Lipinski definition) is 2. The van der Waals surface area contributed by atoms with Crippen LogP contribution < -0.4 is 5.73 Å². The van der Waals surface area contributed by atoms with Crippen LogP contribution >= 0.6 is 0 Å². The largest absolute Gasteiger partial charge is 0.393 e. The molecule has 2 rings (SSSR count). The first-order valence-electron chi connectivity index (χ1n) is 7.54. The van der Waals surface area contributed by atoms with Crippen LogP contribution in [0.1, 0.15) is 46.0 Å². The third-order valence-electron chi connectivity index (χ3n) is 4.97. The molecule has 2 aliphatic rings. The smallest absolute Gasteiger partial charge is 0.223 e. The summed E-state index contributed by atoms with van der Waals surface area (Å²) in [6.07, 6.45) is 0.666. The number of Topliss-reactive ketones (excluding diaryl/α,β-unsaturated/α-hetero) is 2. The molecule has 22 heavy (non-hydrogen) atoms. The standard InChI is InChI=1S/C15H22N2O5/c1-8(18)10(14(16)22)7-12(20)11-3-5-15(6-4-13(15)21)17(11)9(2)19/h8,10-11,18H,3-7H2,1-2H3,(H2,16,22)/t8-,10+,11?,15?/m1/s1. The topological polar surface area (TPSA) is 118 Å². The van der Waals surface area contributed by atoms with Gasteiger partial charge in [-0.3, -0.25) is 19.2 Å². The van der Waals surface area contributed by atoms with Crippen molar-refractivity contribution in [3.8, 4) is 0 Å². The van der Waals surface area contributed by atoms with Crippen LogP contribution in [0.25, 0.3) is 0 Å². The van der Waals surface area contributed by atoms with E-state index in [4.69, 9.17) is 5.73 Å². The Hall–Kier alpha value is -1.76. The van der Waals surface area contributed by atoms with Crippen molar-refractivity contribution in [1.82, 2.24) is 4.90 Å². The zero-order chi connectivity index (χ0) is 16.7. The number of hydrogen-bond acceptors (Lipinski definition) is 5. The molecule has 122 valence electrons.